The van der Waals surface area contributed by atoms with Crippen LogP contribution in [0.4, 0.5) is 0 Å². The lowest BCUT2D eigenvalue weighted by molar-refractivity contribution is 0.0692. The van der Waals surface area contributed by atoms with E-state index in [1.54, 1.807) is 18.5 Å². The predicted molar refractivity (Wildman–Crippen MR) is 77.7 cm³/mol. The first kappa shape index (κ1) is 12.5. The second kappa shape index (κ2) is 5.22. The topological polar surface area (TPSA) is 63.1 Å². The van der Waals surface area contributed by atoms with Gasteiger partial charge in [-0.2, -0.15) is 0 Å². The van der Waals surface area contributed by atoms with Crippen molar-refractivity contribution in [2.45, 2.75) is 0 Å². The molecule has 0 fully saturated rings. The molecule has 0 spiro atoms. The maximum atomic E-state index is 11.4. The number of hydrogen-bond acceptors (Lipinski definition) is 4. The summed E-state index contributed by atoms with van der Waals surface area (Å²) < 4.78 is 0. The van der Waals surface area contributed by atoms with Crippen LogP contribution in [0.3, 0.4) is 0 Å². The molecule has 0 aliphatic rings. The molecule has 0 aliphatic carbocycles. The molecule has 3 rings (SSSR count). The van der Waals surface area contributed by atoms with E-state index in [4.69, 9.17) is 0 Å². The zero-order chi connectivity index (χ0) is 13.9. The van der Waals surface area contributed by atoms with Gasteiger partial charge in [0.15, 0.2) is 5.69 Å². The monoisotopic (exact) mass is 282 g/mol. The minimum atomic E-state index is -1.02. The second-order valence-corrected chi connectivity index (χ2v) is 5.11. The average molecular weight is 282 g/mol. The van der Waals surface area contributed by atoms with Gasteiger partial charge in [-0.1, -0.05) is 30.3 Å². The number of hydrogen-bond donors (Lipinski definition) is 1. The van der Waals surface area contributed by atoms with Crippen LogP contribution in [0.15, 0.2) is 54.9 Å². The summed E-state index contributed by atoms with van der Waals surface area (Å²) in [6.45, 7) is 0. The van der Waals surface area contributed by atoms with Crippen LogP contribution in [-0.2, 0) is 0 Å². The van der Waals surface area contributed by atoms with E-state index in [1.165, 1.54) is 11.3 Å². The molecule has 3 aromatic rings. The molecule has 0 radical (unpaired) electrons. The largest absolute Gasteiger partial charge is 0.476 e. The molecule has 20 heavy (non-hydrogen) atoms. The first-order valence-corrected chi connectivity index (χ1v) is 6.77. The van der Waals surface area contributed by atoms with Crippen LogP contribution in [0, 0.1) is 0 Å². The number of pyridine rings is 1. The van der Waals surface area contributed by atoms with Gasteiger partial charge in [0.2, 0.25) is 0 Å². The van der Waals surface area contributed by atoms with E-state index in [0.717, 1.165) is 11.1 Å². The Morgan fingerprint density at radius 2 is 1.80 bits per heavy atom. The van der Waals surface area contributed by atoms with Gasteiger partial charge in [-0.15, -0.1) is 11.3 Å². The number of aromatic nitrogens is 2. The summed E-state index contributed by atoms with van der Waals surface area (Å²) in [5, 5.41) is 9.98. The highest BCUT2D eigenvalue weighted by atomic mass is 32.1. The number of thiazole rings is 1. The van der Waals surface area contributed by atoms with E-state index in [0.29, 0.717) is 9.88 Å². The molecule has 0 amide bonds. The molecule has 0 saturated heterocycles. The first-order chi connectivity index (χ1) is 9.75. The lowest BCUT2D eigenvalue weighted by Gasteiger charge is -1.97. The van der Waals surface area contributed by atoms with E-state index < -0.39 is 5.97 Å². The van der Waals surface area contributed by atoms with Crippen LogP contribution in [-0.4, -0.2) is 21.0 Å². The summed E-state index contributed by atoms with van der Waals surface area (Å²) in [6, 6.07) is 13.1. The number of carboxylic acid groups (broad SMARTS) is 1. The summed E-state index contributed by atoms with van der Waals surface area (Å²) in [5.41, 5.74) is 1.76. The van der Waals surface area contributed by atoms with E-state index in [9.17, 15) is 9.90 Å². The van der Waals surface area contributed by atoms with Gasteiger partial charge in [-0.05, 0) is 17.7 Å². The van der Waals surface area contributed by atoms with Gasteiger partial charge in [0, 0.05) is 18.0 Å². The third kappa shape index (κ3) is 2.31. The summed E-state index contributed by atoms with van der Waals surface area (Å²) in [7, 11) is 0. The van der Waals surface area contributed by atoms with Crippen molar-refractivity contribution in [1.29, 1.82) is 0 Å². The standard InChI is InChI=1S/C15H10N2O2S/c18-15(19)12-13(10-5-2-1-3-6-10)20-14(17-12)11-7-4-8-16-9-11/h1-9H,(H,18,19). The Bertz CT molecular complexity index is 739. The summed E-state index contributed by atoms with van der Waals surface area (Å²) >= 11 is 1.36. The normalized spacial score (nSPS) is 10.4. The van der Waals surface area contributed by atoms with Gasteiger partial charge in [0.05, 0.1) is 4.88 Å². The van der Waals surface area contributed by atoms with Crippen molar-refractivity contribution in [3.05, 3.63) is 60.6 Å². The SMILES string of the molecule is O=C(O)c1nc(-c2cccnc2)sc1-c1ccccc1. The fourth-order valence-corrected chi connectivity index (χ4v) is 2.92. The third-order valence-electron chi connectivity index (χ3n) is 2.77. The Morgan fingerprint density at radius 1 is 1.05 bits per heavy atom. The molecular weight excluding hydrogens is 272 g/mol. The Hall–Kier alpha value is -2.53. The van der Waals surface area contributed by atoms with Gasteiger partial charge >= 0.3 is 5.97 Å². The molecule has 98 valence electrons. The molecule has 4 nitrogen and oxygen atoms in total. The third-order valence-corrected chi connectivity index (χ3v) is 3.93. The van der Waals surface area contributed by atoms with Gasteiger partial charge in [-0.3, -0.25) is 4.98 Å². The van der Waals surface area contributed by atoms with Crippen molar-refractivity contribution in [1.82, 2.24) is 9.97 Å². The number of benzene rings is 1. The van der Waals surface area contributed by atoms with Gasteiger partial charge in [0.1, 0.15) is 5.01 Å². The highest BCUT2D eigenvalue weighted by molar-refractivity contribution is 7.18. The van der Waals surface area contributed by atoms with Crippen LogP contribution in [0.25, 0.3) is 21.0 Å². The van der Waals surface area contributed by atoms with E-state index in [-0.39, 0.29) is 5.69 Å². The van der Waals surface area contributed by atoms with Crippen molar-refractivity contribution in [2.75, 3.05) is 0 Å². The predicted octanol–water partition coefficient (Wildman–Crippen LogP) is 3.57. The second-order valence-electron chi connectivity index (χ2n) is 4.11. The van der Waals surface area contributed by atoms with Gasteiger partial charge < -0.3 is 5.11 Å². The quantitative estimate of drug-likeness (QED) is 0.797. The molecule has 1 N–H and O–H groups in total. The highest BCUT2D eigenvalue weighted by Crippen LogP contribution is 2.35. The van der Waals surface area contributed by atoms with Gasteiger partial charge in [-0.25, -0.2) is 9.78 Å². The number of rotatable bonds is 3. The van der Waals surface area contributed by atoms with Crippen molar-refractivity contribution < 1.29 is 9.90 Å². The van der Waals surface area contributed by atoms with Crippen LogP contribution in [0.2, 0.25) is 0 Å². The fraction of sp³-hybridized carbons (Fsp3) is 0. The highest BCUT2D eigenvalue weighted by Gasteiger charge is 2.19. The Morgan fingerprint density at radius 3 is 2.45 bits per heavy atom. The van der Waals surface area contributed by atoms with E-state index in [1.807, 2.05) is 36.4 Å². The molecule has 1 aromatic carbocycles. The van der Waals surface area contributed by atoms with Crippen molar-refractivity contribution >= 4 is 17.3 Å². The fourth-order valence-electron chi connectivity index (χ4n) is 1.86. The summed E-state index contributed by atoms with van der Waals surface area (Å²) in [4.78, 5) is 20.3. The maximum absolute atomic E-state index is 11.4. The Kier molecular flexibility index (Phi) is 3.26. The molecule has 0 atom stereocenters. The molecule has 2 heterocycles. The molecule has 0 unspecified atom stereocenters. The number of carbonyl (C=O) groups is 1. The Labute approximate surface area is 119 Å². The zero-order valence-electron chi connectivity index (χ0n) is 10.4. The lowest BCUT2D eigenvalue weighted by Crippen LogP contribution is -1.98. The van der Waals surface area contributed by atoms with Crippen LogP contribution < -0.4 is 0 Å². The first-order valence-electron chi connectivity index (χ1n) is 5.95. The minimum Gasteiger partial charge on any atom is -0.476 e. The zero-order valence-corrected chi connectivity index (χ0v) is 11.2. The maximum Gasteiger partial charge on any atom is 0.356 e. The molecule has 2 aromatic heterocycles. The van der Waals surface area contributed by atoms with Crippen LogP contribution in [0.5, 0.6) is 0 Å². The molecule has 0 bridgehead atoms. The summed E-state index contributed by atoms with van der Waals surface area (Å²) in [6.07, 6.45) is 3.35. The van der Waals surface area contributed by atoms with Crippen molar-refractivity contribution in [3.63, 3.8) is 0 Å². The molecule has 0 saturated carbocycles. The Balaban J connectivity index is 2.15. The number of carboxylic acids is 1. The van der Waals surface area contributed by atoms with Crippen LogP contribution >= 0.6 is 11.3 Å². The molecular formula is C15H10N2O2S. The van der Waals surface area contributed by atoms with Crippen molar-refractivity contribution in [3.8, 4) is 21.0 Å². The minimum absolute atomic E-state index is 0.0834. The van der Waals surface area contributed by atoms with E-state index in [2.05, 4.69) is 9.97 Å². The van der Waals surface area contributed by atoms with E-state index >= 15 is 0 Å². The number of nitrogens with zero attached hydrogens (tertiary/aromatic N) is 2. The smallest absolute Gasteiger partial charge is 0.356 e. The summed E-state index contributed by atoms with van der Waals surface area (Å²) in [5.74, 6) is -1.02. The van der Waals surface area contributed by atoms with Gasteiger partial charge in [0.25, 0.3) is 0 Å². The lowest BCUT2D eigenvalue weighted by atomic mass is 10.1. The average Bonchev–Trinajstić information content (AvgIpc) is 2.94. The van der Waals surface area contributed by atoms with Crippen LogP contribution in [0.1, 0.15) is 10.5 Å². The number of aromatic carboxylic acids is 1. The molecule has 0 aliphatic heterocycles. The molecule has 5 heteroatoms. The van der Waals surface area contributed by atoms with Crippen molar-refractivity contribution in [2.24, 2.45) is 0 Å².